The summed E-state index contributed by atoms with van der Waals surface area (Å²) >= 11 is 1.64. The molecular formula is C26H36N6OS. The number of piperidine rings is 1. The van der Waals surface area contributed by atoms with Crippen LogP contribution in [0, 0.1) is 17.3 Å². The average Bonchev–Trinajstić information content (AvgIpc) is 3.66. The van der Waals surface area contributed by atoms with Crippen LogP contribution in [0.15, 0.2) is 35.6 Å². The summed E-state index contributed by atoms with van der Waals surface area (Å²) in [6.45, 7) is 5.70. The van der Waals surface area contributed by atoms with E-state index in [1.807, 2.05) is 30.9 Å². The lowest BCUT2D eigenvalue weighted by atomic mass is 9.63. The van der Waals surface area contributed by atoms with Gasteiger partial charge in [0.15, 0.2) is 0 Å². The van der Waals surface area contributed by atoms with Crippen molar-refractivity contribution in [3.63, 3.8) is 0 Å². The van der Waals surface area contributed by atoms with E-state index < -0.39 is 0 Å². The number of carbonyl (C=O) groups is 1. The van der Waals surface area contributed by atoms with E-state index in [2.05, 4.69) is 43.5 Å². The normalized spacial score (nSPS) is 23.8. The van der Waals surface area contributed by atoms with Gasteiger partial charge in [0.25, 0.3) is 0 Å². The number of amides is 1. The third-order valence-electron chi connectivity index (χ3n) is 7.98. The molecule has 1 aliphatic heterocycles. The molecule has 2 aliphatic carbocycles. The second-order valence-electron chi connectivity index (χ2n) is 10.4. The monoisotopic (exact) mass is 480 g/mol. The Morgan fingerprint density at radius 2 is 1.82 bits per heavy atom. The number of carbonyl (C=O) groups excluding carboxylic acids is 1. The summed E-state index contributed by atoms with van der Waals surface area (Å²) in [5.41, 5.74) is 1.78. The van der Waals surface area contributed by atoms with Crippen LogP contribution in [-0.2, 0) is 4.79 Å². The fourth-order valence-corrected chi connectivity index (χ4v) is 5.62. The molecule has 2 N–H and O–H groups in total. The number of anilines is 2. The van der Waals surface area contributed by atoms with Crippen LogP contribution in [0.5, 0.6) is 0 Å². The Bertz CT molecular complexity index is 968. The molecule has 34 heavy (non-hydrogen) atoms. The van der Waals surface area contributed by atoms with Gasteiger partial charge < -0.3 is 15.5 Å². The number of likely N-dealkylation sites (tertiary alicyclic amines) is 1. The van der Waals surface area contributed by atoms with Crippen molar-refractivity contribution in [2.75, 3.05) is 43.1 Å². The van der Waals surface area contributed by atoms with Crippen LogP contribution in [-0.4, -0.2) is 58.2 Å². The van der Waals surface area contributed by atoms with Crippen molar-refractivity contribution in [2.45, 2.75) is 56.3 Å². The van der Waals surface area contributed by atoms with E-state index in [0.717, 1.165) is 43.3 Å². The Labute approximate surface area is 206 Å². The highest BCUT2D eigenvalue weighted by Gasteiger charge is 2.48. The fraction of sp³-hybridized carbons (Fsp3) is 0.615. The van der Waals surface area contributed by atoms with Gasteiger partial charge >= 0.3 is 0 Å². The molecule has 0 radical (unpaired) electrons. The van der Waals surface area contributed by atoms with Gasteiger partial charge in [0.1, 0.15) is 5.82 Å². The Balaban J connectivity index is 1.04. The van der Waals surface area contributed by atoms with Gasteiger partial charge in [-0.3, -0.25) is 4.79 Å². The van der Waals surface area contributed by atoms with Gasteiger partial charge in [-0.25, -0.2) is 15.0 Å². The summed E-state index contributed by atoms with van der Waals surface area (Å²) in [4.78, 5) is 29.4. The van der Waals surface area contributed by atoms with E-state index in [0.29, 0.717) is 29.1 Å². The van der Waals surface area contributed by atoms with Crippen molar-refractivity contribution in [2.24, 2.45) is 17.3 Å². The number of hydrogen-bond donors (Lipinski definition) is 2. The second kappa shape index (κ2) is 10.1. The molecule has 3 fully saturated rings. The maximum atomic E-state index is 13.0. The largest absolute Gasteiger partial charge is 0.370 e. The minimum Gasteiger partial charge on any atom is -0.370 e. The maximum Gasteiger partial charge on any atom is 0.226 e. The van der Waals surface area contributed by atoms with E-state index in [-0.39, 0.29) is 5.92 Å². The zero-order chi connectivity index (χ0) is 23.5. The van der Waals surface area contributed by atoms with Crippen LogP contribution in [0.1, 0.15) is 56.9 Å². The number of pyridine rings is 1. The molecule has 0 aromatic carbocycles. The van der Waals surface area contributed by atoms with E-state index in [9.17, 15) is 4.79 Å². The van der Waals surface area contributed by atoms with E-state index in [1.54, 1.807) is 11.8 Å². The molecule has 3 atom stereocenters. The van der Waals surface area contributed by atoms with Crippen LogP contribution >= 0.6 is 11.8 Å². The highest BCUT2D eigenvalue weighted by atomic mass is 32.2. The summed E-state index contributed by atoms with van der Waals surface area (Å²) in [6.07, 6.45) is 15.2. The maximum absolute atomic E-state index is 13.0. The summed E-state index contributed by atoms with van der Waals surface area (Å²) in [5, 5.41) is 6.71. The average molecular weight is 481 g/mol. The first kappa shape index (κ1) is 23.4. The van der Waals surface area contributed by atoms with E-state index >= 15 is 0 Å². The molecular weight excluding hydrogens is 444 g/mol. The van der Waals surface area contributed by atoms with Gasteiger partial charge in [-0.1, -0.05) is 19.4 Å². The SMILES string of the molecule is CSc1cnc(NC[C@H](C)CNc2ccc([C@H]3C[C@@H]3C(=O)N3CCC4(CCC4)CC3)cn2)nc1. The number of nitrogens with zero attached hydrogens (tertiary/aromatic N) is 4. The lowest BCUT2D eigenvalue weighted by molar-refractivity contribution is -0.136. The van der Waals surface area contributed by atoms with E-state index in [4.69, 9.17) is 0 Å². The molecule has 2 aromatic rings. The topological polar surface area (TPSA) is 83.0 Å². The third-order valence-corrected chi connectivity index (χ3v) is 8.66. The number of thioether (sulfide) groups is 1. The van der Waals surface area contributed by atoms with Crippen molar-refractivity contribution >= 4 is 29.4 Å². The smallest absolute Gasteiger partial charge is 0.226 e. The van der Waals surface area contributed by atoms with Crippen molar-refractivity contribution in [1.82, 2.24) is 19.9 Å². The van der Waals surface area contributed by atoms with Gasteiger partial charge in [-0.2, -0.15) is 0 Å². The minimum absolute atomic E-state index is 0.161. The standard InChI is InChI=1S/C26H36N6OS/c1-18(14-29-25-30-16-20(34-2)17-31-25)13-27-23-5-4-19(15-28-23)21-12-22(21)24(33)32-10-8-26(9-11-32)6-3-7-26/h4-5,15-18,21-22H,3,6-14H2,1-2H3,(H,27,28)(H,29,30,31)/t18-,21-,22+/m1/s1. The molecule has 2 aromatic heterocycles. The van der Waals surface area contributed by atoms with Crippen LogP contribution in [0.25, 0.3) is 0 Å². The zero-order valence-electron chi connectivity index (χ0n) is 20.3. The molecule has 1 amide bonds. The van der Waals surface area contributed by atoms with Crippen molar-refractivity contribution in [3.05, 3.63) is 36.3 Å². The molecule has 182 valence electrons. The van der Waals surface area contributed by atoms with Crippen LogP contribution in [0.4, 0.5) is 11.8 Å². The fourth-order valence-electron chi connectivity index (χ4n) is 5.31. The molecule has 3 aliphatic rings. The lowest BCUT2D eigenvalue weighted by Crippen LogP contribution is -2.46. The van der Waals surface area contributed by atoms with Gasteiger partial charge in [0, 0.05) is 55.6 Å². The Hall–Kier alpha value is -2.35. The molecule has 5 rings (SSSR count). The number of hydrogen-bond acceptors (Lipinski definition) is 7. The van der Waals surface area contributed by atoms with Gasteiger partial charge in [-0.15, -0.1) is 11.8 Å². The quantitative estimate of drug-likeness (QED) is 0.506. The first-order valence-electron chi connectivity index (χ1n) is 12.6. The van der Waals surface area contributed by atoms with Crippen molar-refractivity contribution in [3.8, 4) is 0 Å². The summed E-state index contributed by atoms with van der Waals surface area (Å²) < 4.78 is 0. The number of rotatable bonds is 9. The molecule has 3 heterocycles. The molecule has 0 bridgehead atoms. The predicted octanol–water partition coefficient (Wildman–Crippen LogP) is 4.65. The molecule has 2 saturated carbocycles. The van der Waals surface area contributed by atoms with E-state index in [1.165, 1.54) is 37.7 Å². The summed E-state index contributed by atoms with van der Waals surface area (Å²) in [6, 6.07) is 4.18. The van der Waals surface area contributed by atoms with Gasteiger partial charge in [0.05, 0.1) is 0 Å². The zero-order valence-corrected chi connectivity index (χ0v) is 21.1. The Kier molecular flexibility index (Phi) is 6.95. The van der Waals surface area contributed by atoms with Crippen LogP contribution < -0.4 is 10.6 Å². The summed E-state index contributed by atoms with van der Waals surface area (Å²) in [7, 11) is 0. The molecule has 1 spiro atoms. The Morgan fingerprint density at radius 3 is 2.44 bits per heavy atom. The molecule has 0 unspecified atom stereocenters. The first-order valence-corrected chi connectivity index (χ1v) is 13.9. The third kappa shape index (κ3) is 5.32. The molecule has 7 nitrogen and oxygen atoms in total. The molecule has 1 saturated heterocycles. The predicted molar refractivity (Wildman–Crippen MR) is 137 cm³/mol. The Morgan fingerprint density at radius 1 is 1.09 bits per heavy atom. The lowest BCUT2D eigenvalue weighted by Gasteiger charge is -2.48. The number of aromatic nitrogens is 3. The highest BCUT2D eigenvalue weighted by Crippen LogP contribution is 2.51. The van der Waals surface area contributed by atoms with Crippen molar-refractivity contribution in [1.29, 1.82) is 0 Å². The van der Waals surface area contributed by atoms with Crippen LogP contribution in [0.2, 0.25) is 0 Å². The minimum atomic E-state index is 0.161. The molecule has 8 heteroatoms. The summed E-state index contributed by atoms with van der Waals surface area (Å²) in [5.74, 6) is 2.80. The number of nitrogens with one attached hydrogen (secondary N) is 2. The van der Waals surface area contributed by atoms with Gasteiger partial charge in [-0.05, 0) is 67.2 Å². The first-order chi connectivity index (χ1) is 16.5. The second-order valence-corrected chi connectivity index (χ2v) is 11.3. The van der Waals surface area contributed by atoms with Crippen molar-refractivity contribution < 1.29 is 4.79 Å². The van der Waals surface area contributed by atoms with Gasteiger partial charge in [0.2, 0.25) is 11.9 Å². The highest BCUT2D eigenvalue weighted by molar-refractivity contribution is 7.98. The van der Waals surface area contributed by atoms with Crippen LogP contribution in [0.3, 0.4) is 0 Å².